The molecule has 3 aromatic rings. The summed E-state index contributed by atoms with van der Waals surface area (Å²) >= 11 is 0. The highest BCUT2D eigenvalue weighted by Gasteiger charge is 2.32. The molecule has 0 aliphatic carbocycles. The van der Waals surface area contributed by atoms with Crippen molar-refractivity contribution in [1.29, 1.82) is 0 Å². The molecule has 2 aromatic carbocycles. The highest BCUT2D eigenvalue weighted by molar-refractivity contribution is 7.89. The Balaban J connectivity index is 1.57. The molecule has 10 heteroatoms. The minimum atomic E-state index is -3.72. The van der Waals surface area contributed by atoms with Crippen LogP contribution in [0.4, 0.5) is 5.69 Å². The zero-order chi connectivity index (χ0) is 23.8. The van der Waals surface area contributed by atoms with Crippen molar-refractivity contribution in [3.63, 3.8) is 0 Å². The number of ether oxygens (including phenoxy) is 1. The molecule has 9 nitrogen and oxygen atoms in total. The van der Waals surface area contributed by atoms with Crippen LogP contribution in [-0.2, 0) is 21.4 Å². The number of nitrogens with one attached hydrogen (secondary N) is 1. The fraction of sp³-hybridized carbons (Fsp3) is 0.391. The van der Waals surface area contributed by atoms with Gasteiger partial charge in [0.15, 0.2) is 5.58 Å². The lowest BCUT2D eigenvalue weighted by Crippen LogP contribution is -2.42. The Kier molecular flexibility index (Phi) is 6.31. The third kappa shape index (κ3) is 4.81. The summed E-state index contributed by atoms with van der Waals surface area (Å²) in [5, 5.41) is 2.71. The van der Waals surface area contributed by atoms with Crippen LogP contribution in [0.3, 0.4) is 0 Å². The minimum Gasteiger partial charge on any atom is -0.497 e. The van der Waals surface area contributed by atoms with Gasteiger partial charge in [0.2, 0.25) is 15.9 Å². The Morgan fingerprint density at radius 2 is 1.88 bits per heavy atom. The first kappa shape index (κ1) is 23.1. The van der Waals surface area contributed by atoms with Gasteiger partial charge >= 0.3 is 5.76 Å². The Hall–Kier alpha value is -3.11. The standard InChI is InChI=1S/C23H27N3O6S/c1-15-9-16(2)13-25(12-15)33(29,30)19-7-8-20-21(11-19)32-23(28)26(20)14-22(27)24-17-5-4-6-18(10-17)31-3/h4-8,10-11,15-16H,9,12-14H2,1-3H3,(H,24,27)/t15-,16-/m1/s1. The Morgan fingerprint density at radius 1 is 1.15 bits per heavy atom. The van der Waals surface area contributed by atoms with Gasteiger partial charge < -0.3 is 14.5 Å². The van der Waals surface area contributed by atoms with Gasteiger partial charge in [0.1, 0.15) is 12.3 Å². The molecule has 0 unspecified atom stereocenters. The quantitative estimate of drug-likeness (QED) is 0.589. The van der Waals surface area contributed by atoms with Gasteiger partial charge in [0.25, 0.3) is 0 Å². The monoisotopic (exact) mass is 473 g/mol. The van der Waals surface area contributed by atoms with Gasteiger partial charge in [-0.15, -0.1) is 0 Å². The van der Waals surface area contributed by atoms with Crippen molar-refractivity contribution in [2.45, 2.75) is 31.7 Å². The van der Waals surface area contributed by atoms with Crippen molar-refractivity contribution in [2.75, 3.05) is 25.5 Å². The summed E-state index contributed by atoms with van der Waals surface area (Å²) in [7, 11) is -2.20. The lowest BCUT2D eigenvalue weighted by Gasteiger charge is -2.34. The summed E-state index contributed by atoms with van der Waals surface area (Å²) in [6.45, 7) is 4.71. The van der Waals surface area contributed by atoms with Crippen molar-refractivity contribution in [3.05, 3.63) is 53.0 Å². The highest BCUT2D eigenvalue weighted by atomic mass is 32.2. The molecule has 2 atom stereocenters. The van der Waals surface area contributed by atoms with E-state index >= 15 is 0 Å². The maximum absolute atomic E-state index is 13.2. The number of nitrogens with zero attached hydrogens (tertiary/aromatic N) is 2. The fourth-order valence-corrected chi connectivity index (χ4v) is 6.05. The number of amides is 1. The summed E-state index contributed by atoms with van der Waals surface area (Å²) in [4.78, 5) is 25.0. The van der Waals surface area contributed by atoms with E-state index in [2.05, 4.69) is 5.32 Å². The van der Waals surface area contributed by atoms with Crippen molar-refractivity contribution >= 4 is 32.7 Å². The first-order valence-electron chi connectivity index (χ1n) is 10.7. The Morgan fingerprint density at radius 3 is 2.58 bits per heavy atom. The molecular weight excluding hydrogens is 446 g/mol. The first-order valence-corrected chi connectivity index (χ1v) is 12.2. The lowest BCUT2D eigenvalue weighted by molar-refractivity contribution is -0.116. The summed E-state index contributed by atoms with van der Waals surface area (Å²) in [5.41, 5.74) is 0.993. The second kappa shape index (κ2) is 9.03. The van der Waals surface area contributed by atoms with E-state index in [0.717, 1.165) is 6.42 Å². The van der Waals surface area contributed by atoms with Crippen molar-refractivity contribution < 1.29 is 22.4 Å². The van der Waals surface area contributed by atoms with E-state index in [1.54, 1.807) is 24.3 Å². The molecule has 33 heavy (non-hydrogen) atoms. The number of anilines is 1. The SMILES string of the molecule is COc1cccc(NC(=O)Cn2c(=O)oc3cc(S(=O)(=O)N4C[C@H](C)C[C@@H](C)C4)ccc32)c1. The third-order valence-electron chi connectivity index (χ3n) is 5.77. The molecule has 0 saturated carbocycles. The number of carbonyl (C=O) groups excluding carboxylic acids is 1. The topological polar surface area (TPSA) is 111 Å². The molecule has 0 bridgehead atoms. The first-order chi connectivity index (χ1) is 15.7. The molecule has 4 rings (SSSR count). The van der Waals surface area contributed by atoms with E-state index in [9.17, 15) is 18.0 Å². The summed E-state index contributed by atoms with van der Waals surface area (Å²) in [6.07, 6.45) is 0.987. The van der Waals surface area contributed by atoms with Gasteiger partial charge in [-0.1, -0.05) is 19.9 Å². The van der Waals surface area contributed by atoms with E-state index < -0.39 is 21.7 Å². The number of oxazole rings is 1. The zero-order valence-corrected chi connectivity index (χ0v) is 19.6. The number of fused-ring (bicyclic) bond motifs is 1. The van der Waals surface area contributed by atoms with Crippen LogP contribution in [0.2, 0.25) is 0 Å². The van der Waals surface area contributed by atoms with E-state index in [1.807, 2.05) is 13.8 Å². The molecule has 0 spiro atoms. The predicted molar refractivity (Wildman–Crippen MR) is 124 cm³/mol. The molecular formula is C23H27N3O6S. The van der Waals surface area contributed by atoms with E-state index in [1.165, 1.54) is 34.2 Å². The van der Waals surface area contributed by atoms with Crippen LogP contribution < -0.4 is 15.8 Å². The van der Waals surface area contributed by atoms with Crippen LogP contribution in [0.25, 0.3) is 11.1 Å². The van der Waals surface area contributed by atoms with Gasteiger partial charge in [-0.3, -0.25) is 9.36 Å². The molecule has 1 aliphatic heterocycles. The predicted octanol–water partition coefficient (Wildman–Crippen LogP) is 2.91. The molecule has 176 valence electrons. The average Bonchev–Trinajstić information content (AvgIpc) is 3.07. The number of hydrogen-bond donors (Lipinski definition) is 1. The molecule has 0 radical (unpaired) electrons. The number of benzene rings is 2. The highest BCUT2D eigenvalue weighted by Crippen LogP contribution is 2.28. The van der Waals surface area contributed by atoms with E-state index in [4.69, 9.17) is 9.15 Å². The number of aromatic nitrogens is 1. The molecule has 1 aliphatic rings. The maximum Gasteiger partial charge on any atom is 0.420 e. The third-order valence-corrected chi connectivity index (χ3v) is 7.60. The van der Waals surface area contributed by atoms with Crippen LogP contribution in [-0.4, -0.2) is 43.4 Å². The van der Waals surface area contributed by atoms with Gasteiger partial charge in [0, 0.05) is 30.9 Å². The Bertz CT molecular complexity index is 1330. The van der Waals surface area contributed by atoms with Crippen molar-refractivity contribution in [2.24, 2.45) is 11.8 Å². The smallest absolute Gasteiger partial charge is 0.420 e. The number of sulfonamides is 1. The number of hydrogen-bond acceptors (Lipinski definition) is 6. The minimum absolute atomic E-state index is 0.0676. The molecule has 2 heterocycles. The summed E-state index contributed by atoms with van der Waals surface area (Å²) in [6, 6.07) is 11.2. The normalized spacial score (nSPS) is 19.5. The summed E-state index contributed by atoms with van der Waals surface area (Å²) < 4.78 is 39.4. The second-order valence-electron chi connectivity index (χ2n) is 8.63. The molecule has 1 fully saturated rings. The molecule has 1 saturated heterocycles. The lowest BCUT2D eigenvalue weighted by atomic mass is 9.94. The number of piperidine rings is 1. The van der Waals surface area contributed by atoms with Crippen LogP contribution in [0.15, 0.2) is 56.6 Å². The molecule has 1 aromatic heterocycles. The average molecular weight is 474 g/mol. The van der Waals surface area contributed by atoms with Crippen LogP contribution in [0, 0.1) is 11.8 Å². The van der Waals surface area contributed by atoms with E-state index in [0.29, 0.717) is 30.0 Å². The largest absolute Gasteiger partial charge is 0.497 e. The van der Waals surface area contributed by atoms with Gasteiger partial charge in [-0.25, -0.2) is 13.2 Å². The van der Waals surface area contributed by atoms with Gasteiger partial charge in [0.05, 0.1) is 17.5 Å². The number of methoxy groups -OCH3 is 1. The van der Waals surface area contributed by atoms with Crippen molar-refractivity contribution in [3.8, 4) is 5.75 Å². The zero-order valence-electron chi connectivity index (χ0n) is 18.8. The van der Waals surface area contributed by atoms with Gasteiger partial charge in [-0.2, -0.15) is 4.31 Å². The van der Waals surface area contributed by atoms with Crippen LogP contribution in [0.5, 0.6) is 5.75 Å². The number of rotatable bonds is 6. The second-order valence-corrected chi connectivity index (χ2v) is 10.6. The summed E-state index contributed by atoms with van der Waals surface area (Å²) in [5.74, 6) is -0.0321. The number of carbonyl (C=O) groups is 1. The van der Waals surface area contributed by atoms with E-state index in [-0.39, 0.29) is 28.9 Å². The van der Waals surface area contributed by atoms with Crippen LogP contribution >= 0.6 is 0 Å². The Labute approximate surface area is 192 Å². The van der Waals surface area contributed by atoms with Gasteiger partial charge in [-0.05, 0) is 42.5 Å². The fourth-order valence-electron chi connectivity index (χ4n) is 4.35. The van der Waals surface area contributed by atoms with Crippen molar-refractivity contribution in [1.82, 2.24) is 8.87 Å². The molecule has 1 amide bonds. The van der Waals surface area contributed by atoms with Crippen LogP contribution in [0.1, 0.15) is 20.3 Å². The maximum atomic E-state index is 13.2. The molecule has 1 N–H and O–H groups in total.